The van der Waals surface area contributed by atoms with Gasteiger partial charge in [-0.05, 0) is 18.1 Å². The molecule has 0 aromatic heterocycles. The Morgan fingerprint density at radius 2 is 1.42 bits per heavy atom. The van der Waals surface area contributed by atoms with Crippen molar-refractivity contribution in [3.05, 3.63) is 71.8 Å². The first-order valence-electron chi connectivity index (χ1n) is 8.13. The third-order valence-corrected chi connectivity index (χ3v) is 3.67. The van der Waals surface area contributed by atoms with Crippen LogP contribution in [0, 0.1) is 0 Å². The highest BCUT2D eigenvalue weighted by Gasteiger charge is 2.24. The summed E-state index contributed by atoms with van der Waals surface area (Å²) in [6, 6.07) is 19.4. The van der Waals surface area contributed by atoms with Gasteiger partial charge in [0.2, 0.25) is 0 Å². The molecule has 0 aliphatic carbocycles. The number of ether oxygens (including phenoxy) is 2. The fraction of sp³-hybridized carbons (Fsp3) is 0.350. The van der Waals surface area contributed by atoms with Gasteiger partial charge in [0.15, 0.2) is 6.29 Å². The fourth-order valence-corrected chi connectivity index (χ4v) is 2.41. The minimum atomic E-state index is -0.719. The van der Waals surface area contributed by atoms with Gasteiger partial charge < -0.3 is 19.4 Å². The molecular weight excluding hydrogens is 304 g/mol. The Morgan fingerprint density at radius 3 is 1.88 bits per heavy atom. The Labute approximate surface area is 143 Å². The van der Waals surface area contributed by atoms with Crippen molar-refractivity contribution in [2.45, 2.75) is 44.9 Å². The maximum absolute atomic E-state index is 11.5. The number of hydrogen-bond donors (Lipinski definition) is 1. The van der Waals surface area contributed by atoms with Crippen LogP contribution in [0.3, 0.4) is 0 Å². The second kappa shape index (κ2) is 9.98. The van der Waals surface area contributed by atoms with E-state index in [4.69, 9.17) is 9.47 Å². The zero-order valence-electron chi connectivity index (χ0n) is 13.9. The molecule has 0 spiro atoms. The minimum Gasteiger partial charge on any atom is -0.393 e. The second-order valence-corrected chi connectivity index (χ2v) is 5.82. The third kappa shape index (κ3) is 6.24. The van der Waals surface area contributed by atoms with Crippen molar-refractivity contribution < 1.29 is 19.4 Å². The smallest absolute Gasteiger partial charge is 0.151 e. The highest BCUT2D eigenvalue weighted by Crippen LogP contribution is 2.15. The Morgan fingerprint density at radius 1 is 0.917 bits per heavy atom. The van der Waals surface area contributed by atoms with Crippen LogP contribution in [0.1, 0.15) is 24.5 Å². The van der Waals surface area contributed by atoms with E-state index >= 15 is 0 Å². The van der Waals surface area contributed by atoms with E-state index in [0.717, 1.165) is 17.4 Å². The molecule has 3 atom stereocenters. The lowest BCUT2D eigenvalue weighted by Crippen LogP contribution is -2.35. The van der Waals surface area contributed by atoms with Crippen LogP contribution in [0.15, 0.2) is 60.7 Å². The molecule has 0 aliphatic heterocycles. The molecule has 0 saturated heterocycles. The molecule has 2 rings (SSSR count). The average Bonchev–Trinajstić information content (AvgIpc) is 2.61. The largest absolute Gasteiger partial charge is 0.393 e. The summed E-state index contributed by atoms with van der Waals surface area (Å²) < 4.78 is 11.6. The average molecular weight is 328 g/mol. The van der Waals surface area contributed by atoms with E-state index in [0.29, 0.717) is 19.6 Å². The summed E-state index contributed by atoms with van der Waals surface area (Å²) in [5.74, 6) is 0. The number of carbonyl (C=O) groups excluding carboxylic acids is 1. The molecule has 0 saturated carbocycles. The zero-order chi connectivity index (χ0) is 17.2. The molecule has 2 aromatic rings. The van der Waals surface area contributed by atoms with Gasteiger partial charge in [0.1, 0.15) is 6.10 Å². The lowest BCUT2D eigenvalue weighted by molar-refractivity contribution is -0.136. The first kappa shape index (κ1) is 18.3. The molecule has 0 bridgehead atoms. The summed E-state index contributed by atoms with van der Waals surface area (Å²) in [5, 5.41) is 9.70. The molecule has 0 aliphatic rings. The van der Waals surface area contributed by atoms with Crippen molar-refractivity contribution in [2.24, 2.45) is 0 Å². The van der Waals surface area contributed by atoms with E-state index in [9.17, 15) is 9.90 Å². The number of benzene rings is 2. The Bertz CT molecular complexity index is 583. The van der Waals surface area contributed by atoms with Crippen molar-refractivity contribution in [3.8, 4) is 0 Å². The topological polar surface area (TPSA) is 55.8 Å². The summed E-state index contributed by atoms with van der Waals surface area (Å²) in [7, 11) is 0. The van der Waals surface area contributed by atoms with Gasteiger partial charge in [-0.1, -0.05) is 60.7 Å². The molecule has 0 unspecified atom stereocenters. The lowest BCUT2D eigenvalue weighted by Gasteiger charge is -2.25. The van der Waals surface area contributed by atoms with E-state index in [1.165, 1.54) is 0 Å². The molecule has 24 heavy (non-hydrogen) atoms. The molecule has 0 radical (unpaired) electrons. The van der Waals surface area contributed by atoms with E-state index in [1.54, 1.807) is 6.92 Å². The maximum Gasteiger partial charge on any atom is 0.151 e. The van der Waals surface area contributed by atoms with Crippen LogP contribution in [0.5, 0.6) is 0 Å². The highest BCUT2D eigenvalue weighted by atomic mass is 16.5. The van der Waals surface area contributed by atoms with Gasteiger partial charge in [0.25, 0.3) is 0 Å². The quantitative estimate of drug-likeness (QED) is 0.681. The van der Waals surface area contributed by atoms with Crippen LogP contribution in [0.2, 0.25) is 0 Å². The maximum atomic E-state index is 11.5. The summed E-state index contributed by atoms with van der Waals surface area (Å²) in [5.41, 5.74) is 2.00. The van der Waals surface area contributed by atoms with Crippen molar-refractivity contribution >= 4 is 6.29 Å². The van der Waals surface area contributed by atoms with Gasteiger partial charge in [-0.3, -0.25) is 0 Å². The fourth-order valence-electron chi connectivity index (χ4n) is 2.41. The van der Waals surface area contributed by atoms with E-state index < -0.39 is 18.3 Å². The van der Waals surface area contributed by atoms with Crippen molar-refractivity contribution in [3.63, 3.8) is 0 Å². The monoisotopic (exact) mass is 328 g/mol. The predicted molar refractivity (Wildman–Crippen MR) is 92.4 cm³/mol. The van der Waals surface area contributed by atoms with Gasteiger partial charge in [-0.25, -0.2) is 0 Å². The number of carbonyl (C=O) groups is 1. The SMILES string of the molecule is C[C@H](O)C[C@@H](OCc1ccccc1)[C@@H](C=O)OCc1ccccc1. The van der Waals surface area contributed by atoms with E-state index in [2.05, 4.69) is 0 Å². The number of aliphatic hydroxyl groups is 1. The molecule has 1 N–H and O–H groups in total. The summed E-state index contributed by atoms with van der Waals surface area (Å²) in [6.07, 6.45) is -0.699. The first-order valence-corrected chi connectivity index (χ1v) is 8.13. The lowest BCUT2D eigenvalue weighted by atomic mass is 10.1. The molecule has 2 aromatic carbocycles. The summed E-state index contributed by atoms with van der Waals surface area (Å²) >= 11 is 0. The number of rotatable bonds is 10. The van der Waals surface area contributed by atoms with Gasteiger partial charge in [0.05, 0.1) is 25.4 Å². The van der Waals surface area contributed by atoms with Gasteiger partial charge in [0, 0.05) is 6.42 Å². The van der Waals surface area contributed by atoms with Crippen molar-refractivity contribution in [2.75, 3.05) is 0 Å². The standard InChI is InChI=1S/C20H24O4/c1-16(22)12-19(23-14-17-8-4-2-5-9-17)20(13-21)24-15-18-10-6-3-7-11-18/h2-11,13,16,19-20,22H,12,14-15H2,1H3/t16-,19+,20+/m0/s1. The van der Waals surface area contributed by atoms with Gasteiger partial charge in [-0.15, -0.1) is 0 Å². The van der Waals surface area contributed by atoms with E-state index in [1.807, 2.05) is 60.7 Å². The van der Waals surface area contributed by atoms with Crippen molar-refractivity contribution in [1.29, 1.82) is 0 Å². The molecule has 0 heterocycles. The highest BCUT2D eigenvalue weighted by molar-refractivity contribution is 5.57. The first-order chi connectivity index (χ1) is 11.7. The Kier molecular flexibility index (Phi) is 7.62. The summed E-state index contributed by atoms with van der Waals surface area (Å²) in [4.78, 5) is 11.5. The number of aliphatic hydroxyl groups excluding tert-OH is 1. The Hall–Kier alpha value is -2.01. The second-order valence-electron chi connectivity index (χ2n) is 5.82. The van der Waals surface area contributed by atoms with Crippen LogP contribution in [-0.2, 0) is 27.5 Å². The number of hydrogen-bond acceptors (Lipinski definition) is 4. The molecule has 4 nitrogen and oxygen atoms in total. The molecule has 4 heteroatoms. The summed E-state index contributed by atoms with van der Waals surface area (Å²) in [6.45, 7) is 2.38. The van der Waals surface area contributed by atoms with Crippen LogP contribution >= 0.6 is 0 Å². The van der Waals surface area contributed by atoms with Crippen LogP contribution in [-0.4, -0.2) is 29.7 Å². The third-order valence-electron chi connectivity index (χ3n) is 3.67. The van der Waals surface area contributed by atoms with Crippen molar-refractivity contribution in [1.82, 2.24) is 0 Å². The molecule has 128 valence electrons. The number of aldehydes is 1. The Balaban J connectivity index is 1.96. The molecule has 0 fully saturated rings. The van der Waals surface area contributed by atoms with E-state index in [-0.39, 0.29) is 0 Å². The molecule has 0 amide bonds. The van der Waals surface area contributed by atoms with Gasteiger partial charge in [-0.2, -0.15) is 0 Å². The van der Waals surface area contributed by atoms with Crippen LogP contribution in [0.4, 0.5) is 0 Å². The van der Waals surface area contributed by atoms with Crippen LogP contribution < -0.4 is 0 Å². The van der Waals surface area contributed by atoms with Gasteiger partial charge >= 0.3 is 0 Å². The predicted octanol–water partition coefficient (Wildman–Crippen LogP) is 3.13. The van der Waals surface area contributed by atoms with Crippen LogP contribution in [0.25, 0.3) is 0 Å². The zero-order valence-corrected chi connectivity index (χ0v) is 13.9. The minimum absolute atomic E-state index is 0.329. The normalized spacial score (nSPS) is 14.8. The molecular formula is C20H24O4.